The molecule has 1 amide bonds. The van der Waals surface area contributed by atoms with E-state index < -0.39 is 5.97 Å². The molecule has 1 aromatic rings. The molecule has 1 aromatic carbocycles. The molecule has 7 heteroatoms. The van der Waals surface area contributed by atoms with Crippen LogP contribution in [0.3, 0.4) is 0 Å². The molecule has 0 bridgehead atoms. The van der Waals surface area contributed by atoms with Gasteiger partial charge in [-0.1, -0.05) is 15.9 Å². The van der Waals surface area contributed by atoms with Crippen LogP contribution in [0.5, 0.6) is 11.5 Å². The highest BCUT2D eigenvalue weighted by Crippen LogP contribution is 2.35. The minimum absolute atomic E-state index is 0.147. The molecule has 0 saturated heterocycles. The number of carboxylic acids is 1. The first kappa shape index (κ1) is 15.6. The summed E-state index contributed by atoms with van der Waals surface area (Å²) < 4.78 is 10.9. The van der Waals surface area contributed by atoms with Crippen LogP contribution in [0.1, 0.15) is 12.8 Å². The summed E-state index contributed by atoms with van der Waals surface area (Å²) >= 11 is 3.35. The Bertz CT molecular complexity index is 534. The number of ether oxygens (including phenoxy) is 2. The van der Waals surface area contributed by atoms with Gasteiger partial charge in [-0.3, -0.25) is 14.5 Å². The van der Waals surface area contributed by atoms with Crippen molar-refractivity contribution < 1.29 is 24.2 Å². The van der Waals surface area contributed by atoms with Crippen molar-refractivity contribution in [2.24, 2.45) is 0 Å². The number of amides is 1. The standard InChI is InChI=1S/C14H16BrNO5/c15-5-1-2-6-20-10-3-4-12-11(7-10)16(8-14(18)19)13(17)9-21-12/h3-4,7H,1-2,5-6,8-9H2,(H,18,19). The molecule has 0 fully saturated rings. The van der Waals surface area contributed by atoms with Crippen LogP contribution in [0.4, 0.5) is 5.69 Å². The number of benzene rings is 1. The van der Waals surface area contributed by atoms with Crippen molar-refractivity contribution in [3.63, 3.8) is 0 Å². The van der Waals surface area contributed by atoms with Crippen LogP contribution in [0.25, 0.3) is 0 Å². The van der Waals surface area contributed by atoms with Crippen molar-refractivity contribution in [2.75, 3.05) is 30.0 Å². The van der Waals surface area contributed by atoms with Crippen molar-refractivity contribution in [3.8, 4) is 11.5 Å². The zero-order valence-corrected chi connectivity index (χ0v) is 13.0. The Kier molecular flexibility index (Phi) is 5.44. The van der Waals surface area contributed by atoms with Crippen LogP contribution in [0.15, 0.2) is 18.2 Å². The Balaban J connectivity index is 2.13. The van der Waals surface area contributed by atoms with Crippen molar-refractivity contribution >= 4 is 33.5 Å². The molecular formula is C14H16BrNO5. The van der Waals surface area contributed by atoms with Gasteiger partial charge in [0.25, 0.3) is 5.91 Å². The number of carbonyl (C=O) groups is 2. The van der Waals surface area contributed by atoms with E-state index in [1.54, 1.807) is 18.2 Å². The molecule has 0 aliphatic carbocycles. The number of fused-ring (bicyclic) bond motifs is 1. The smallest absolute Gasteiger partial charge is 0.323 e. The van der Waals surface area contributed by atoms with Crippen LogP contribution < -0.4 is 14.4 Å². The van der Waals surface area contributed by atoms with E-state index in [2.05, 4.69) is 15.9 Å². The average Bonchev–Trinajstić information content (AvgIpc) is 2.46. The van der Waals surface area contributed by atoms with Crippen LogP contribution in [-0.2, 0) is 9.59 Å². The lowest BCUT2D eigenvalue weighted by atomic mass is 10.2. The van der Waals surface area contributed by atoms with Gasteiger partial charge in [-0.05, 0) is 25.0 Å². The number of anilines is 1. The highest BCUT2D eigenvalue weighted by Gasteiger charge is 2.27. The molecule has 1 heterocycles. The van der Waals surface area contributed by atoms with E-state index in [1.165, 1.54) is 4.90 Å². The van der Waals surface area contributed by atoms with E-state index in [9.17, 15) is 9.59 Å². The van der Waals surface area contributed by atoms with Gasteiger partial charge in [0.05, 0.1) is 12.3 Å². The van der Waals surface area contributed by atoms with Crippen molar-refractivity contribution in [1.82, 2.24) is 0 Å². The number of halogens is 1. The van der Waals surface area contributed by atoms with Gasteiger partial charge < -0.3 is 14.6 Å². The first-order valence-electron chi connectivity index (χ1n) is 6.59. The lowest BCUT2D eigenvalue weighted by Crippen LogP contribution is -2.41. The maximum Gasteiger partial charge on any atom is 0.323 e. The molecule has 6 nitrogen and oxygen atoms in total. The molecule has 1 aliphatic heterocycles. The van der Waals surface area contributed by atoms with Gasteiger partial charge in [0.1, 0.15) is 18.0 Å². The fourth-order valence-electron chi connectivity index (χ4n) is 1.97. The number of carboxylic acid groups (broad SMARTS) is 1. The van der Waals surface area contributed by atoms with Crippen LogP contribution in [0.2, 0.25) is 0 Å². The summed E-state index contributed by atoms with van der Waals surface area (Å²) in [6.45, 7) is 0.0338. The van der Waals surface area contributed by atoms with Gasteiger partial charge in [0.15, 0.2) is 6.61 Å². The summed E-state index contributed by atoms with van der Waals surface area (Å²) in [6, 6.07) is 5.08. The average molecular weight is 358 g/mol. The second-order valence-electron chi connectivity index (χ2n) is 4.54. The number of hydrogen-bond donors (Lipinski definition) is 1. The SMILES string of the molecule is O=C(O)CN1C(=O)COc2ccc(OCCCCBr)cc21. The van der Waals surface area contributed by atoms with Gasteiger partial charge in [-0.25, -0.2) is 0 Å². The Morgan fingerprint density at radius 3 is 2.95 bits per heavy atom. The number of hydrogen-bond acceptors (Lipinski definition) is 4. The maximum atomic E-state index is 11.8. The lowest BCUT2D eigenvalue weighted by Gasteiger charge is -2.28. The molecule has 1 N–H and O–H groups in total. The zero-order valence-electron chi connectivity index (χ0n) is 11.4. The second-order valence-corrected chi connectivity index (χ2v) is 5.33. The van der Waals surface area contributed by atoms with E-state index >= 15 is 0 Å². The van der Waals surface area contributed by atoms with E-state index in [0.29, 0.717) is 23.8 Å². The molecule has 0 radical (unpaired) electrons. The van der Waals surface area contributed by atoms with Gasteiger partial charge in [-0.15, -0.1) is 0 Å². The van der Waals surface area contributed by atoms with Gasteiger partial charge in [0.2, 0.25) is 0 Å². The number of unbranched alkanes of at least 4 members (excludes halogenated alkanes) is 1. The Labute approximate surface area is 130 Å². The first-order chi connectivity index (χ1) is 10.1. The molecule has 0 unspecified atom stereocenters. The molecule has 0 atom stereocenters. The minimum atomic E-state index is -1.07. The fourth-order valence-corrected chi connectivity index (χ4v) is 2.36. The van der Waals surface area contributed by atoms with E-state index in [-0.39, 0.29) is 19.1 Å². The molecular weight excluding hydrogens is 342 g/mol. The van der Waals surface area contributed by atoms with E-state index in [4.69, 9.17) is 14.6 Å². The van der Waals surface area contributed by atoms with Crippen LogP contribution in [0, 0.1) is 0 Å². The summed E-state index contributed by atoms with van der Waals surface area (Å²) in [5, 5.41) is 9.83. The lowest BCUT2D eigenvalue weighted by molar-refractivity contribution is -0.137. The molecule has 0 spiro atoms. The van der Waals surface area contributed by atoms with Crippen molar-refractivity contribution in [2.45, 2.75) is 12.8 Å². The molecule has 0 saturated carbocycles. The molecule has 1 aliphatic rings. The normalized spacial score (nSPS) is 13.6. The largest absolute Gasteiger partial charge is 0.494 e. The highest BCUT2D eigenvalue weighted by molar-refractivity contribution is 9.09. The quantitative estimate of drug-likeness (QED) is 0.596. The van der Waals surface area contributed by atoms with Gasteiger partial charge in [0, 0.05) is 11.4 Å². The third kappa shape index (κ3) is 4.10. The van der Waals surface area contributed by atoms with E-state index in [1.807, 2.05) is 0 Å². The van der Waals surface area contributed by atoms with Crippen LogP contribution in [-0.4, -0.2) is 42.1 Å². The topological polar surface area (TPSA) is 76.1 Å². The number of nitrogens with zero attached hydrogens (tertiary/aromatic N) is 1. The molecule has 0 aromatic heterocycles. The fraction of sp³-hybridized carbons (Fsp3) is 0.429. The van der Waals surface area contributed by atoms with Crippen molar-refractivity contribution in [1.29, 1.82) is 0 Å². The number of aliphatic carboxylic acids is 1. The summed E-state index contributed by atoms with van der Waals surface area (Å²) in [4.78, 5) is 23.9. The minimum Gasteiger partial charge on any atom is -0.494 e. The summed E-state index contributed by atoms with van der Waals surface area (Å²) in [7, 11) is 0. The Morgan fingerprint density at radius 1 is 1.43 bits per heavy atom. The van der Waals surface area contributed by atoms with Gasteiger partial charge in [-0.2, -0.15) is 0 Å². The molecule has 21 heavy (non-hydrogen) atoms. The highest BCUT2D eigenvalue weighted by atomic mass is 79.9. The summed E-state index contributed by atoms with van der Waals surface area (Å²) in [5.74, 6) is -0.359. The van der Waals surface area contributed by atoms with Gasteiger partial charge >= 0.3 is 5.97 Å². The molecule has 2 rings (SSSR count). The predicted molar refractivity (Wildman–Crippen MR) is 80.4 cm³/mol. The first-order valence-corrected chi connectivity index (χ1v) is 7.71. The zero-order chi connectivity index (χ0) is 15.2. The second kappa shape index (κ2) is 7.31. The summed E-state index contributed by atoms with van der Waals surface area (Å²) in [5.41, 5.74) is 0.437. The number of carbonyl (C=O) groups excluding carboxylic acids is 1. The van der Waals surface area contributed by atoms with E-state index in [0.717, 1.165) is 18.2 Å². The molecule has 114 valence electrons. The Hall–Kier alpha value is -1.76. The third-order valence-electron chi connectivity index (χ3n) is 2.96. The maximum absolute atomic E-state index is 11.8. The Morgan fingerprint density at radius 2 is 2.24 bits per heavy atom. The summed E-state index contributed by atoms with van der Waals surface area (Å²) in [6.07, 6.45) is 1.92. The third-order valence-corrected chi connectivity index (χ3v) is 3.52. The number of rotatable bonds is 7. The van der Waals surface area contributed by atoms with Crippen LogP contribution >= 0.6 is 15.9 Å². The number of alkyl halides is 1. The van der Waals surface area contributed by atoms with Crippen molar-refractivity contribution in [3.05, 3.63) is 18.2 Å². The monoisotopic (exact) mass is 357 g/mol. The predicted octanol–water partition coefficient (Wildman–Crippen LogP) is 2.05.